The maximum absolute atomic E-state index is 13.0. The van der Waals surface area contributed by atoms with Gasteiger partial charge in [0, 0.05) is 11.2 Å². The Morgan fingerprint density at radius 2 is 2.09 bits per heavy atom. The minimum absolute atomic E-state index is 0.00204. The number of nitrogens with zero attached hydrogens (tertiary/aromatic N) is 3. The largest absolute Gasteiger partial charge is 0.478 e. The van der Waals surface area contributed by atoms with Gasteiger partial charge in [0.1, 0.15) is 0 Å². The second-order valence-electron chi connectivity index (χ2n) is 4.38. The predicted molar refractivity (Wildman–Crippen MR) is 70.2 cm³/mol. The number of H-pyrrole nitrogens is 1. The number of benzene rings is 1. The summed E-state index contributed by atoms with van der Waals surface area (Å²) >= 11 is 5.68. The molecular weight excluding hydrogens is 325 g/mol. The molecule has 0 fully saturated rings. The van der Waals surface area contributed by atoms with E-state index in [4.69, 9.17) is 16.7 Å². The van der Waals surface area contributed by atoms with Crippen LogP contribution in [0.15, 0.2) is 24.5 Å². The van der Waals surface area contributed by atoms with Gasteiger partial charge >= 0.3 is 12.1 Å². The number of halogens is 4. The number of fused-ring (bicyclic) bond motifs is 1. The lowest BCUT2D eigenvalue weighted by Gasteiger charge is -2.07. The van der Waals surface area contributed by atoms with Crippen LogP contribution in [0.2, 0.25) is 5.02 Å². The van der Waals surface area contributed by atoms with Crippen molar-refractivity contribution in [1.82, 2.24) is 19.7 Å². The van der Waals surface area contributed by atoms with E-state index in [-0.39, 0.29) is 27.6 Å². The van der Waals surface area contributed by atoms with Crippen LogP contribution in [-0.2, 0) is 6.18 Å². The van der Waals surface area contributed by atoms with Crippen molar-refractivity contribution in [3.05, 3.63) is 40.7 Å². The number of alkyl halides is 3. The fraction of sp³-hybridized carbons (Fsp3) is 0.0833. The minimum Gasteiger partial charge on any atom is -0.478 e. The van der Waals surface area contributed by atoms with E-state index in [0.29, 0.717) is 0 Å². The highest BCUT2D eigenvalue weighted by Gasteiger charge is 2.34. The van der Waals surface area contributed by atoms with Crippen LogP contribution in [0.5, 0.6) is 0 Å². The Morgan fingerprint density at radius 3 is 2.68 bits per heavy atom. The van der Waals surface area contributed by atoms with Gasteiger partial charge in [-0.15, -0.1) is 0 Å². The molecule has 0 unspecified atom stereocenters. The van der Waals surface area contributed by atoms with Gasteiger partial charge in [-0.3, -0.25) is 0 Å². The summed E-state index contributed by atoms with van der Waals surface area (Å²) in [5.74, 6) is -1.25. The van der Waals surface area contributed by atoms with Crippen molar-refractivity contribution in [2.75, 3.05) is 0 Å². The van der Waals surface area contributed by atoms with Gasteiger partial charge in [0.05, 0.1) is 28.4 Å². The van der Waals surface area contributed by atoms with E-state index in [0.717, 1.165) is 23.1 Å². The quantitative estimate of drug-likeness (QED) is 0.756. The zero-order chi connectivity index (χ0) is 16.1. The third-order valence-electron chi connectivity index (χ3n) is 2.90. The Morgan fingerprint density at radius 1 is 1.36 bits per heavy atom. The van der Waals surface area contributed by atoms with Gasteiger partial charge in [-0.05, 0) is 12.1 Å². The molecule has 2 N–H and O–H groups in total. The molecule has 1 aromatic carbocycles. The van der Waals surface area contributed by atoms with Crippen LogP contribution in [0.1, 0.15) is 15.9 Å². The second kappa shape index (κ2) is 4.73. The maximum atomic E-state index is 13.0. The summed E-state index contributed by atoms with van der Waals surface area (Å²) in [6.07, 6.45) is -2.41. The number of rotatable bonds is 2. The van der Waals surface area contributed by atoms with Crippen molar-refractivity contribution in [3.8, 4) is 5.95 Å². The van der Waals surface area contributed by atoms with Gasteiger partial charge in [0.25, 0.3) is 0 Å². The fourth-order valence-electron chi connectivity index (χ4n) is 1.95. The molecule has 10 heteroatoms. The highest BCUT2D eigenvalue weighted by Crippen LogP contribution is 2.36. The molecule has 2 heterocycles. The Bertz CT molecular complexity index is 884. The van der Waals surface area contributed by atoms with Crippen molar-refractivity contribution in [2.24, 2.45) is 0 Å². The summed E-state index contributed by atoms with van der Waals surface area (Å²) in [6.45, 7) is 0. The van der Waals surface area contributed by atoms with Gasteiger partial charge in [-0.25, -0.2) is 14.5 Å². The van der Waals surface area contributed by atoms with E-state index in [1.165, 1.54) is 6.07 Å². The standard InChI is InChI=1S/C12H6ClF3N4O2/c13-6-1-7(12(14,15)16)9-8(2-6)18-11(19-9)20-4-5(3-17-20)10(21)22/h1-4H,(H,18,19)(H,21,22). The maximum Gasteiger partial charge on any atom is 0.418 e. The molecule has 0 radical (unpaired) electrons. The number of hydrogen-bond acceptors (Lipinski definition) is 3. The summed E-state index contributed by atoms with van der Waals surface area (Å²) in [6, 6.07) is 2.06. The topological polar surface area (TPSA) is 83.8 Å². The number of carboxylic acids is 1. The van der Waals surface area contributed by atoms with Crippen LogP contribution in [-0.4, -0.2) is 30.8 Å². The van der Waals surface area contributed by atoms with Crippen molar-refractivity contribution in [1.29, 1.82) is 0 Å². The molecule has 0 spiro atoms. The fourth-order valence-corrected chi connectivity index (χ4v) is 2.16. The van der Waals surface area contributed by atoms with E-state index >= 15 is 0 Å². The van der Waals surface area contributed by atoms with Gasteiger partial charge < -0.3 is 10.1 Å². The first-order chi connectivity index (χ1) is 10.3. The van der Waals surface area contributed by atoms with Gasteiger partial charge in [-0.1, -0.05) is 11.6 Å². The number of aromatic carboxylic acids is 1. The molecule has 3 rings (SSSR count). The summed E-state index contributed by atoms with van der Waals surface area (Å²) in [7, 11) is 0. The number of aromatic amines is 1. The normalized spacial score (nSPS) is 12.0. The summed E-state index contributed by atoms with van der Waals surface area (Å²) in [4.78, 5) is 17.2. The Balaban J connectivity index is 2.19. The van der Waals surface area contributed by atoms with Crippen molar-refractivity contribution < 1.29 is 23.1 Å². The summed E-state index contributed by atoms with van der Waals surface area (Å²) in [5, 5.41) is 12.5. The second-order valence-corrected chi connectivity index (χ2v) is 4.82. The lowest BCUT2D eigenvalue weighted by Crippen LogP contribution is -2.06. The number of carbonyl (C=O) groups is 1. The first-order valence-electron chi connectivity index (χ1n) is 5.80. The lowest BCUT2D eigenvalue weighted by molar-refractivity contribution is -0.136. The van der Waals surface area contributed by atoms with Crippen LogP contribution < -0.4 is 0 Å². The van der Waals surface area contributed by atoms with Gasteiger partial charge in [0.15, 0.2) is 0 Å². The minimum atomic E-state index is -4.61. The Hall–Kier alpha value is -2.55. The molecule has 2 aromatic heterocycles. The monoisotopic (exact) mass is 330 g/mol. The third kappa shape index (κ3) is 2.39. The van der Waals surface area contributed by atoms with Crippen LogP contribution >= 0.6 is 11.6 Å². The lowest BCUT2D eigenvalue weighted by atomic mass is 10.2. The predicted octanol–water partition coefficient (Wildman–Crippen LogP) is 3.12. The number of hydrogen-bond donors (Lipinski definition) is 2. The Labute approximate surface area is 125 Å². The Kier molecular flexibility index (Phi) is 3.10. The van der Waals surface area contributed by atoms with Crippen LogP contribution in [0.25, 0.3) is 17.0 Å². The zero-order valence-electron chi connectivity index (χ0n) is 10.5. The van der Waals surface area contributed by atoms with E-state index in [9.17, 15) is 18.0 Å². The van der Waals surface area contributed by atoms with E-state index < -0.39 is 17.7 Å². The zero-order valence-corrected chi connectivity index (χ0v) is 11.3. The van der Waals surface area contributed by atoms with Gasteiger partial charge in [-0.2, -0.15) is 18.3 Å². The molecule has 0 aliphatic rings. The van der Waals surface area contributed by atoms with Crippen molar-refractivity contribution >= 4 is 28.6 Å². The summed E-state index contributed by atoms with van der Waals surface area (Å²) < 4.78 is 40.1. The molecule has 0 aliphatic carbocycles. The third-order valence-corrected chi connectivity index (χ3v) is 3.12. The molecule has 0 amide bonds. The number of carboxylic acid groups (broad SMARTS) is 1. The molecule has 114 valence electrons. The highest BCUT2D eigenvalue weighted by molar-refractivity contribution is 6.31. The molecule has 22 heavy (non-hydrogen) atoms. The molecule has 0 atom stereocenters. The molecule has 0 saturated heterocycles. The first-order valence-corrected chi connectivity index (χ1v) is 6.18. The van der Waals surface area contributed by atoms with E-state index in [1.807, 2.05) is 0 Å². The average Bonchev–Trinajstić information content (AvgIpc) is 3.02. The van der Waals surface area contributed by atoms with Crippen LogP contribution in [0.3, 0.4) is 0 Å². The van der Waals surface area contributed by atoms with Gasteiger partial charge in [0.2, 0.25) is 5.95 Å². The van der Waals surface area contributed by atoms with E-state index in [2.05, 4.69) is 15.1 Å². The highest BCUT2D eigenvalue weighted by atomic mass is 35.5. The molecule has 3 aromatic rings. The molecule has 0 saturated carbocycles. The van der Waals surface area contributed by atoms with Crippen molar-refractivity contribution in [3.63, 3.8) is 0 Å². The number of nitrogens with one attached hydrogen (secondary N) is 1. The summed E-state index contributed by atoms with van der Waals surface area (Å²) in [5.41, 5.74) is -1.32. The average molecular weight is 331 g/mol. The SMILES string of the molecule is O=C(O)c1cnn(-c2nc3cc(Cl)cc(C(F)(F)F)c3[nH]2)c1. The molecule has 6 nitrogen and oxygen atoms in total. The molecule has 0 aliphatic heterocycles. The van der Waals surface area contributed by atoms with Crippen molar-refractivity contribution in [2.45, 2.75) is 6.18 Å². The smallest absolute Gasteiger partial charge is 0.418 e. The van der Waals surface area contributed by atoms with Crippen LogP contribution in [0.4, 0.5) is 13.2 Å². The van der Waals surface area contributed by atoms with Crippen LogP contribution in [0, 0.1) is 0 Å². The number of imidazole rings is 1. The van der Waals surface area contributed by atoms with E-state index in [1.54, 1.807) is 0 Å². The molecule has 0 bridgehead atoms. The first kappa shape index (κ1) is 14.4. The molecular formula is C12H6ClF3N4O2. The number of aromatic nitrogens is 4.